The summed E-state index contributed by atoms with van der Waals surface area (Å²) in [5.74, 6) is 0.660. The largest absolute Gasteiger partial charge is 0.309 e. The molecule has 0 bridgehead atoms. The van der Waals surface area contributed by atoms with Gasteiger partial charge in [0.1, 0.15) is 0 Å². The Morgan fingerprint density at radius 3 is 1.01 bits per heavy atom. The lowest BCUT2D eigenvalue weighted by atomic mass is 9.91. The van der Waals surface area contributed by atoms with E-state index in [1.54, 1.807) is 0 Å². The van der Waals surface area contributed by atoms with Crippen molar-refractivity contribution in [1.29, 1.82) is 0 Å². The van der Waals surface area contributed by atoms with E-state index in [1.165, 1.54) is 76.8 Å². The quantitative estimate of drug-likeness (QED) is 0.137. The van der Waals surface area contributed by atoms with Gasteiger partial charge in [-0.15, -0.1) is 0 Å². The second-order valence-corrected chi connectivity index (χ2v) is 24.5. The zero-order valence-corrected chi connectivity index (χ0v) is 51.0. The van der Waals surface area contributed by atoms with Crippen molar-refractivity contribution in [3.63, 3.8) is 0 Å². The number of aryl methyl sites for hydroxylation is 4. The summed E-state index contributed by atoms with van der Waals surface area (Å²) >= 11 is 0. The van der Waals surface area contributed by atoms with E-state index < -0.39 is 0 Å². The first-order valence-corrected chi connectivity index (χ1v) is 31.4. The van der Waals surface area contributed by atoms with Gasteiger partial charge in [0.2, 0.25) is 0 Å². The average Bonchev–Trinajstić information content (AvgIpc) is 1.65. The van der Waals surface area contributed by atoms with Crippen LogP contribution >= 0.6 is 0 Å². The Hall–Kier alpha value is -11.7. The van der Waals surface area contributed by atoms with Crippen molar-refractivity contribution in [3.8, 4) is 95.5 Å². The highest BCUT2D eigenvalue weighted by Gasteiger charge is 2.26. The number of aromatic nitrogens is 5. The Bertz CT molecular complexity index is 5270. The highest BCUT2D eigenvalue weighted by atomic mass is 15.0. The lowest BCUT2D eigenvalue weighted by Gasteiger charge is -2.22. The van der Waals surface area contributed by atoms with Gasteiger partial charge < -0.3 is 13.7 Å². The van der Waals surface area contributed by atoms with Crippen molar-refractivity contribution in [1.82, 2.24) is 23.7 Å². The van der Waals surface area contributed by atoms with Crippen LogP contribution in [0.15, 0.2) is 297 Å². The van der Waals surface area contributed by atoms with Crippen LogP contribution in [-0.4, -0.2) is 23.7 Å². The molecule has 4 heterocycles. The van der Waals surface area contributed by atoms with E-state index in [1.807, 2.05) is 6.07 Å². The fourth-order valence-corrected chi connectivity index (χ4v) is 14.5. The van der Waals surface area contributed by atoms with Crippen molar-refractivity contribution in [2.45, 2.75) is 27.7 Å². The monoisotopic (exact) mass is 1160 g/mol. The molecule has 17 rings (SSSR count). The molecule has 0 aliphatic carbocycles. The smallest absolute Gasteiger partial charge is 0.160 e. The molecule has 0 amide bonds. The SMILES string of the molecule is Cc1cc(C)cc(-c2ccc3c(c2)c2cc(-c4cc(C)cc(C)c4)ccc2n3-c2c(-c3cccc(-n4c5ccccc5c5ccccc54)c3)cc(-c3cc(-c4ccccc4)nc(-c4ccccc4)n3)cc2-c2cccc(-n3c4ccccc4c4ccccc43)c2)c1. The van der Waals surface area contributed by atoms with Crippen molar-refractivity contribution in [2.24, 2.45) is 0 Å². The molecule has 0 saturated heterocycles. The van der Waals surface area contributed by atoms with E-state index in [9.17, 15) is 0 Å². The van der Waals surface area contributed by atoms with Crippen LogP contribution in [0.2, 0.25) is 0 Å². The van der Waals surface area contributed by atoms with E-state index in [2.05, 4.69) is 333 Å². The normalized spacial score (nSPS) is 11.7. The van der Waals surface area contributed by atoms with Crippen LogP contribution in [0, 0.1) is 27.7 Å². The van der Waals surface area contributed by atoms with Gasteiger partial charge >= 0.3 is 0 Å². The van der Waals surface area contributed by atoms with Gasteiger partial charge in [0, 0.05) is 71.5 Å². The topological polar surface area (TPSA) is 40.6 Å². The summed E-state index contributed by atoms with van der Waals surface area (Å²) in [5, 5.41) is 7.22. The minimum absolute atomic E-state index is 0.660. The predicted molar refractivity (Wildman–Crippen MR) is 382 cm³/mol. The van der Waals surface area contributed by atoms with Crippen LogP contribution in [-0.2, 0) is 0 Å². The maximum atomic E-state index is 5.59. The number of hydrogen-bond acceptors (Lipinski definition) is 2. The first kappa shape index (κ1) is 53.6. The molecule has 17 aromatic rings. The third-order valence-electron chi connectivity index (χ3n) is 18.3. The number of rotatable bonds is 10. The molecule has 0 aliphatic rings. The summed E-state index contributed by atoms with van der Waals surface area (Å²) in [6.45, 7) is 8.79. The summed E-state index contributed by atoms with van der Waals surface area (Å²) in [7, 11) is 0. The molecule has 0 spiro atoms. The summed E-state index contributed by atoms with van der Waals surface area (Å²) < 4.78 is 7.43. The summed E-state index contributed by atoms with van der Waals surface area (Å²) in [6, 6.07) is 109. The third-order valence-corrected chi connectivity index (χ3v) is 18.3. The molecule has 0 aliphatic heterocycles. The van der Waals surface area contributed by atoms with Crippen LogP contribution < -0.4 is 0 Å². The van der Waals surface area contributed by atoms with Crippen LogP contribution in [0.1, 0.15) is 22.3 Å². The molecule has 13 aromatic carbocycles. The van der Waals surface area contributed by atoms with Crippen LogP contribution in [0.25, 0.3) is 161 Å². The number of benzene rings is 13. The van der Waals surface area contributed by atoms with Gasteiger partial charge in [-0.1, -0.05) is 229 Å². The lowest BCUT2D eigenvalue weighted by Crippen LogP contribution is -2.04. The second kappa shape index (κ2) is 21.6. The average molecular weight is 1160 g/mol. The molecule has 0 atom stereocenters. The van der Waals surface area contributed by atoms with Gasteiger partial charge in [-0.05, 0) is 152 Å². The van der Waals surface area contributed by atoms with Crippen LogP contribution in [0.4, 0.5) is 0 Å². The van der Waals surface area contributed by atoms with Crippen molar-refractivity contribution >= 4 is 65.4 Å². The van der Waals surface area contributed by atoms with E-state index >= 15 is 0 Å². The van der Waals surface area contributed by atoms with Gasteiger partial charge in [-0.25, -0.2) is 9.97 Å². The Kier molecular flexibility index (Phi) is 12.7. The molecule has 0 saturated carbocycles. The van der Waals surface area contributed by atoms with E-state index in [0.717, 1.165) is 100 Å². The lowest BCUT2D eigenvalue weighted by molar-refractivity contribution is 1.16. The van der Waals surface area contributed by atoms with E-state index in [-0.39, 0.29) is 0 Å². The highest BCUT2D eigenvalue weighted by Crippen LogP contribution is 2.47. The molecule has 4 aromatic heterocycles. The second-order valence-electron chi connectivity index (χ2n) is 24.5. The van der Waals surface area contributed by atoms with E-state index in [0.29, 0.717) is 5.82 Å². The van der Waals surface area contributed by atoms with Crippen LogP contribution in [0.5, 0.6) is 0 Å². The van der Waals surface area contributed by atoms with Crippen molar-refractivity contribution < 1.29 is 0 Å². The minimum Gasteiger partial charge on any atom is -0.309 e. The molecular weight excluding hydrogens is 1100 g/mol. The molecule has 0 N–H and O–H groups in total. The maximum absolute atomic E-state index is 5.59. The number of nitrogens with zero attached hydrogens (tertiary/aromatic N) is 5. The molecule has 5 heteroatoms. The zero-order valence-electron chi connectivity index (χ0n) is 51.0. The Morgan fingerprint density at radius 2 is 0.582 bits per heavy atom. The van der Waals surface area contributed by atoms with Crippen LogP contribution in [0.3, 0.4) is 0 Å². The summed E-state index contributed by atoms with van der Waals surface area (Å²) in [4.78, 5) is 10.9. The van der Waals surface area contributed by atoms with Gasteiger partial charge in [-0.2, -0.15) is 0 Å². The van der Waals surface area contributed by atoms with Gasteiger partial charge in [-0.3, -0.25) is 0 Å². The van der Waals surface area contributed by atoms with Gasteiger partial charge in [0.05, 0.1) is 50.2 Å². The fourth-order valence-electron chi connectivity index (χ4n) is 14.5. The Morgan fingerprint density at radius 1 is 0.220 bits per heavy atom. The zero-order chi connectivity index (χ0) is 60.8. The molecule has 5 nitrogen and oxygen atoms in total. The molecule has 430 valence electrons. The molecule has 0 unspecified atom stereocenters. The number of fused-ring (bicyclic) bond motifs is 9. The third kappa shape index (κ3) is 9.24. The first-order chi connectivity index (χ1) is 44.7. The molecule has 0 radical (unpaired) electrons. The summed E-state index contributed by atoms with van der Waals surface area (Å²) in [6.07, 6.45) is 0. The predicted octanol–water partition coefficient (Wildman–Crippen LogP) is 22.7. The fraction of sp³-hybridized carbons (Fsp3) is 0.0465. The van der Waals surface area contributed by atoms with Crippen molar-refractivity contribution in [3.05, 3.63) is 320 Å². The Labute approximate surface area is 528 Å². The standard InChI is InChI=1S/C86H61N5/c1-54-41-55(2)44-64(43-54)60-37-39-83-75(49-60)76-50-61(65-45-56(3)42-57(4)46-65)38-40-84(76)91(83)85-73(62-25-19-27-67(47-62)89-79-33-15-11-29-69(79)70-30-12-16-34-80(70)89)51-66(78-53-77(58-21-7-5-8-22-58)87-86(88-78)59-23-9-6-10-24-59)52-74(85)63-26-20-28-68(48-63)90-81-35-17-13-31-71(81)72-32-14-18-36-82(72)90/h5-53H,1-4H3. The van der Waals surface area contributed by atoms with Gasteiger partial charge in [0.15, 0.2) is 5.82 Å². The first-order valence-electron chi connectivity index (χ1n) is 31.4. The minimum atomic E-state index is 0.660. The number of para-hydroxylation sites is 4. The molecule has 0 fully saturated rings. The summed E-state index contributed by atoms with van der Waals surface area (Å²) in [5.41, 5.74) is 28.6. The Balaban J connectivity index is 1.02. The highest BCUT2D eigenvalue weighted by molar-refractivity contribution is 6.14. The van der Waals surface area contributed by atoms with Gasteiger partial charge in [0.25, 0.3) is 0 Å². The molecule has 91 heavy (non-hydrogen) atoms. The van der Waals surface area contributed by atoms with E-state index in [4.69, 9.17) is 9.97 Å². The molecular formula is C86H61N5. The number of hydrogen-bond donors (Lipinski definition) is 0. The van der Waals surface area contributed by atoms with Crippen molar-refractivity contribution in [2.75, 3.05) is 0 Å². The maximum Gasteiger partial charge on any atom is 0.160 e.